The van der Waals surface area contributed by atoms with Crippen molar-refractivity contribution in [3.63, 3.8) is 0 Å². The molecule has 0 saturated heterocycles. The predicted molar refractivity (Wildman–Crippen MR) is 205 cm³/mol. The summed E-state index contributed by atoms with van der Waals surface area (Å²) in [5.74, 6) is 0.436. The molecule has 4 aliphatic rings. The van der Waals surface area contributed by atoms with Crippen LogP contribution in [0, 0.1) is 11.8 Å². The summed E-state index contributed by atoms with van der Waals surface area (Å²) in [6, 6.07) is 11.6. The Bertz CT molecular complexity index is 1860. The van der Waals surface area contributed by atoms with E-state index in [0.717, 1.165) is 61.5 Å². The van der Waals surface area contributed by atoms with Crippen molar-refractivity contribution >= 4 is 45.7 Å². The molecule has 272 valence electrons. The van der Waals surface area contributed by atoms with Crippen LogP contribution in [0.4, 0.5) is 5.69 Å². The third kappa shape index (κ3) is 8.50. The number of hydrogen-bond acceptors (Lipinski definition) is 7. The van der Waals surface area contributed by atoms with E-state index < -0.39 is 21.7 Å². The van der Waals surface area contributed by atoms with Crippen LogP contribution in [0.25, 0.3) is 0 Å². The second-order valence-electron chi connectivity index (χ2n) is 14.2. The molecule has 9 nitrogen and oxygen atoms in total. The van der Waals surface area contributed by atoms with Crippen LogP contribution in [0.2, 0.25) is 5.02 Å². The lowest BCUT2D eigenvalue weighted by Crippen LogP contribution is -2.49. The molecule has 2 aliphatic heterocycles. The van der Waals surface area contributed by atoms with Gasteiger partial charge in [0.1, 0.15) is 15.7 Å². The summed E-state index contributed by atoms with van der Waals surface area (Å²) in [6.07, 6.45) is 16.1. The molecule has 6 rings (SSSR count). The third-order valence-corrected chi connectivity index (χ3v) is 13.0. The van der Waals surface area contributed by atoms with Gasteiger partial charge in [0.15, 0.2) is 0 Å². The first-order valence-corrected chi connectivity index (χ1v) is 20.1. The highest BCUT2D eigenvalue weighted by atomic mass is 35.5. The number of halogens is 1. The van der Waals surface area contributed by atoms with Crippen molar-refractivity contribution in [2.75, 3.05) is 37.5 Å². The number of carbonyl (C=O) groups excluding carboxylic acids is 2. The van der Waals surface area contributed by atoms with E-state index in [2.05, 4.69) is 50.0 Å². The Labute approximate surface area is 307 Å². The Morgan fingerprint density at radius 3 is 2.86 bits per heavy atom. The zero-order valence-electron chi connectivity index (χ0n) is 29.7. The molecule has 2 aromatic carbocycles. The molecule has 2 amide bonds. The molecule has 11 heteroatoms. The maximum Gasteiger partial charge on any atom is 0.286 e. The van der Waals surface area contributed by atoms with E-state index in [1.807, 2.05) is 31.2 Å². The summed E-state index contributed by atoms with van der Waals surface area (Å²) in [7, 11) is -1.66. The maximum absolute atomic E-state index is 14.3. The highest BCUT2D eigenvalue weighted by Gasteiger charge is 2.44. The molecule has 1 fully saturated rings. The van der Waals surface area contributed by atoms with E-state index in [4.69, 9.17) is 21.1 Å². The molecule has 51 heavy (non-hydrogen) atoms. The first-order chi connectivity index (χ1) is 24.7. The quantitative estimate of drug-likeness (QED) is 0.177. The van der Waals surface area contributed by atoms with Gasteiger partial charge in [-0.1, -0.05) is 41.5 Å². The largest absolute Gasteiger partial charge is 0.490 e. The van der Waals surface area contributed by atoms with Crippen LogP contribution >= 0.6 is 11.6 Å². The van der Waals surface area contributed by atoms with Crippen molar-refractivity contribution in [1.82, 2.24) is 4.72 Å². The van der Waals surface area contributed by atoms with Gasteiger partial charge in [0.2, 0.25) is 5.91 Å². The van der Waals surface area contributed by atoms with Gasteiger partial charge in [-0.25, -0.2) is 4.21 Å². The standard InChI is InChI=1S/C40H49ClN4O5S/c1-4-28(19-21-42-2)11-18-38(46)43-51(48)22-7-5-6-10-36(49-3)33-15-12-31(33)25-45-26-40(20-8-9-29-23-32(41)14-16-34(29)40)27-50-37-17-13-30(24-35(37)45)39(47)44-51/h4,6,10,13-14,16-17,19,21,23-24,31,33,36H,2,5,7-9,11-12,15,18,20,22,25-27H2,1,3H3,(H,43,44,46,47,48)/b10-6+,21-19-,28-4-/t31-,33+,36-,40-,51+/m0/s1. The van der Waals surface area contributed by atoms with Crippen LogP contribution < -0.4 is 14.4 Å². The van der Waals surface area contributed by atoms with Gasteiger partial charge in [-0.3, -0.25) is 19.3 Å². The summed E-state index contributed by atoms with van der Waals surface area (Å²) in [5, 5.41) is 0.741. The molecule has 2 aliphatic carbocycles. The van der Waals surface area contributed by atoms with E-state index in [1.165, 1.54) is 11.1 Å². The van der Waals surface area contributed by atoms with Crippen LogP contribution in [0.5, 0.6) is 5.75 Å². The predicted octanol–water partition coefficient (Wildman–Crippen LogP) is 7.78. The highest BCUT2D eigenvalue weighted by molar-refractivity contribution is 7.92. The lowest BCUT2D eigenvalue weighted by Gasteiger charge is -2.46. The van der Waals surface area contributed by atoms with Gasteiger partial charge in [-0.05, 0) is 124 Å². The van der Waals surface area contributed by atoms with E-state index in [0.29, 0.717) is 49.0 Å². The first-order valence-electron chi connectivity index (χ1n) is 18.0. The summed E-state index contributed by atoms with van der Waals surface area (Å²) < 4.78 is 33.8. The van der Waals surface area contributed by atoms with Crippen molar-refractivity contribution in [2.24, 2.45) is 21.2 Å². The molecular formula is C40H49ClN4O5S. The number of fused-ring (bicyclic) bond motifs is 4. The Balaban J connectivity index is 1.36. The minimum Gasteiger partial charge on any atom is -0.490 e. The third-order valence-electron chi connectivity index (χ3n) is 10.9. The van der Waals surface area contributed by atoms with Gasteiger partial charge in [0.05, 0.1) is 24.2 Å². The average molecular weight is 733 g/mol. The van der Waals surface area contributed by atoms with Gasteiger partial charge in [-0.15, -0.1) is 4.36 Å². The van der Waals surface area contributed by atoms with Crippen molar-refractivity contribution in [3.8, 4) is 5.75 Å². The van der Waals surface area contributed by atoms with Crippen molar-refractivity contribution in [2.45, 2.75) is 76.2 Å². The second-order valence-corrected chi connectivity index (χ2v) is 16.7. The molecule has 2 bridgehead atoms. The SMILES string of the molecule is C=N/C=C\C(=C/C)CCC(=O)N[S@@]1(=O)=NC(=O)c2ccc3c(c2)N(C[C@@H]2CC[C@H]2[C@@H](OC)/C=C/CCC1)C[C@@]1(CCCc2cc(Cl)ccc21)CO3. The molecule has 1 spiro atoms. The molecule has 1 N–H and O–H groups in total. The lowest BCUT2D eigenvalue weighted by molar-refractivity contribution is -0.119. The number of aryl methyl sites for hydroxylation is 1. The Hall–Kier alpha value is -3.73. The maximum atomic E-state index is 14.3. The average Bonchev–Trinajstić information content (AvgIpc) is 3.25. The zero-order chi connectivity index (χ0) is 36.0. The van der Waals surface area contributed by atoms with Gasteiger partial charge in [-0.2, -0.15) is 0 Å². The van der Waals surface area contributed by atoms with E-state index in [1.54, 1.807) is 25.5 Å². The first kappa shape index (κ1) is 37.0. The van der Waals surface area contributed by atoms with Crippen molar-refractivity contribution < 1.29 is 23.3 Å². The van der Waals surface area contributed by atoms with Gasteiger partial charge >= 0.3 is 0 Å². The van der Waals surface area contributed by atoms with Crippen LogP contribution in [0.15, 0.2) is 81.8 Å². The number of amides is 2. The zero-order valence-corrected chi connectivity index (χ0v) is 31.2. The fourth-order valence-electron chi connectivity index (χ4n) is 8.07. The fourth-order valence-corrected chi connectivity index (χ4v) is 9.90. The molecule has 0 unspecified atom stereocenters. The monoisotopic (exact) mass is 732 g/mol. The molecular weight excluding hydrogens is 684 g/mol. The van der Waals surface area contributed by atoms with E-state index >= 15 is 0 Å². The number of methoxy groups -OCH3 is 1. The molecule has 1 saturated carbocycles. The highest BCUT2D eigenvalue weighted by Crippen LogP contribution is 2.47. The Morgan fingerprint density at radius 2 is 2.10 bits per heavy atom. The molecule has 0 aromatic heterocycles. The number of hydrogen-bond donors (Lipinski definition) is 1. The number of allylic oxidation sites excluding steroid dienone is 4. The minimum atomic E-state index is -3.43. The number of aliphatic imine (C=N–C) groups is 1. The van der Waals surface area contributed by atoms with Crippen molar-refractivity contribution in [1.29, 1.82) is 0 Å². The number of ether oxygens (including phenoxy) is 2. The topological polar surface area (TPSA) is 110 Å². The summed E-state index contributed by atoms with van der Waals surface area (Å²) in [6.45, 7) is 7.34. The van der Waals surface area contributed by atoms with Gasteiger partial charge in [0, 0.05) is 48.8 Å². The second kappa shape index (κ2) is 16.3. The number of carbonyl (C=O) groups is 2. The summed E-state index contributed by atoms with van der Waals surface area (Å²) >= 11 is 6.45. The number of rotatable bonds is 7. The number of nitrogens with one attached hydrogen (secondary N) is 1. The van der Waals surface area contributed by atoms with E-state index in [-0.39, 0.29) is 23.7 Å². The van der Waals surface area contributed by atoms with Crippen LogP contribution in [0.1, 0.15) is 79.8 Å². The van der Waals surface area contributed by atoms with E-state index in [9.17, 15) is 13.8 Å². The Morgan fingerprint density at radius 1 is 1.24 bits per heavy atom. The molecule has 2 aromatic rings. The molecule has 2 heterocycles. The lowest BCUT2D eigenvalue weighted by atomic mass is 9.68. The molecule has 0 radical (unpaired) electrons. The summed E-state index contributed by atoms with van der Waals surface area (Å²) in [5.41, 5.74) is 4.31. The number of anilines is 1. The Kier molecular flexibility index (Phi) is 11.8. The van der Waals surface area contributed by atoms with Crippen molar-refractivity contribution in [3.05, 3.63) is 94.2 Å². The fraction of sp³-hybridized carbons (Fsp3) is 0.475. The van der Waals surface area contributed by atoms with Crippen LogP contribution in [0.3, 0.4) is 0 Å². The molecule has 5 atom stereocenters. The number of nitrogens with zero attached hydrogens (tertiary/aromatic N) is 3. The minimum absolute atomic E-state index is 0.0429. The van der Waals surface area contributed by atoms with Gasteiger partial charge < -0.3 is 14.4 Å². The van der Waals surface area contributed by atoms with Crippen LogP contribution in [-0.4, -0.2) is 61.4 Å². The normalized spacial score (nSPS) is 28.8. The van der Waals surface area contributed by atoms with Crippen LogP contribution in [-0.2, 0) is 31.3 Å². The summed E-state index contributed by atoms with van der Waals surface area (Å²) in [4.78, 5) is 33.1. The number of benzene rings is 2. The smallest absolute Gasteiger partial charge is 0.286 e. The van der Waals surface area contributed by atoms with Gasteiger partial charge in [0.25, 0.3) is 5.91 Å².